The molecule has 1 fully saturated rings. The quantitative estimate of drug-likeness (QED) is 0.824. The molecule has 1 N–H and O–H groups in total. The van der Waals surface area contributed by atoms with E-state index in [0.717, 1.165) is 12.8 Å². The number of carboxylic acids is 1. The molecule has 0 spiro atoms. The van der Waals surface area contributed by atoms with Crippen LogP contribution < -0.4 is 4.74 Å². The molecule has 1 saturated carbocycles. The van der Waals surface area contributed by atoms with Gasteiger partial charge in [0.2, 0.25) is 0 Å². The molecule has 1 aliphatic rings. The molecule has 1 aromatic carbocycles. The summed E-state index contributed by atoms with van der Waals surface area (Å²) >= 11 is 0. The highest BCUT2D eigenvalue weighted by atomic mass is 19.1. The summed E-state index contributed by atoms with van der Waals surface area (Å²) in [6.07, 6.45) is 2.57. The number of fused-ring (bicyclic) bond motifs is 1. The van der Waals surface area contributed by atoms with Crippen LogP contribution in [0.1, 0.15) is 47.7 Å². The average molecular weight is 318 g/mol. The van der Waals surface area contributed by atoms with Gasteiger partial charge in [-0.05, 0) is 18.8 Å². The SMILES string of the molecule is COc1cc2nc(C(=O)CCC(=O)O)cnc2c(F)c1C1CC1. The molecule has 0 radical (unpaired) electrons. The Labute approximate surface area is 131 Å². The Morgan fingerprint density at radius 1 is 1.39 bits per heavy atom. The van der Waals surface area contributed by atoms with E-state index in [1.807, 2.05) is 0 Å². The van der Waals surface area contributed by atoms with Gasteiger partial charge in [-0.15, -0.1) is 0 Å². The second kappa shape index (κ2) is 5.91. The van der Waals surface area contributed by atoms with Gasteiger partial charge in [-0.1, -0.05) is 0 Å². The van der Waals surface area contributed by atoms with E-state index in [9.17, 15) is 14.0 Å². The number of Topliss-reactive ketones (excluding diaryl/α,β-unsaturated/α-hetero) is 1. The van der Waals surface area contributed by atoms with Gasteiger partial charge in [-0.2, -0.15) is 0 Å². The first kappa shape index (κ1) is 15.3. The number of ether oxygens (including phenoxy) is 1. The van der Waals surface area contributed by atoms with Gasteiger partial charge in [-0.3, -0.25) is 9.59 Å². The normalized spacial score (nSPS) is 14.0. The van der Waals surface area contributed by atoms with Gasteiger partial charge >= 0.3 is 5.97 Å². The van der Waals surface area contributed by atoms with Crippen LogP contribution in [0.4, 0.5) is 4.39 Å². The zero-order valence-electron chi connectivity index (χ0n) is 12.5. The fourth-order valence-corrected chi connectivity index (χ4v) is 2.51. The number of rotatable bonds is 6. The van der Waals surface area contributed by atoms with Crippen LogP contribution in [0.2, 0.25) is 0 Å². The summed E-state index contributed by atoms with van der Waals surface area (Å²) in [5, 5.41) is 8.62. The molecule has 6 nitrogen and oxygen atoms in total. The maximum Gasteiger partial charge on any atom is 0.303 e. The first-order chi connectivity index (χ1) is 11.0. The highest BCUT2D eigenvalue weighted by molar-refractivity contribution is 5.97. The number of aliphatic carboxylic acids is 1. The summed E-state index contributed by atoms with van der Waals surface area (Å²) in [7, 11) is 1.46. The number of hydrogen-bond donors (Lipinski definition) is 1. The Morgan fingerprint density at radius 3 is 2.74 bits per heavy atom. The number of methoxy groups -OCH3 is 1. The lowest BCUT2D eigenvalue weighted by Gasteiger charge is -2.11. The van der Waals surface area contributed by atoms with Gasteiger partial charge in [0, 0.05) is 18.1 Å². The zero-order valence-corrected chi connectivity index (χ0v) is 12.5. The third-order valence-electron chi connectivity index (χ3n) is 3.83. The third-order valence-corrected chi connectivity index (χ3v) is 3.83. The third kappa shape index (κ3) is 2.99. The standard InChI is InChI=1S/C16H15FN2O4/c1-23-12-6-9-16(15(17)14(12)8-2-3-8)18-7-10(19-9)11(20)4-5-13(21)22/h6-8H,2-5H2,1H3,(H,21,22). The molecule has 0 saturated heterocycles. The van der Waals surface area contributed by atoms with E-state index in [1.54, 1.807) is 6.07 Å². The number of nitrogens with zero attached hydrogens (tertiary/aromatic N) is 2. The van der Waals surface area contributed by atoms with Crippen molar-refractivity contribution in [3.8, 4) is 5.75 Å². The molecule has 120 valence electrons. The molecule has 1 aromatic heterocycles. The number of hydrogen-bond acceptors (Lipinski definition) is 5. The second-order valence-corrected chi connectivity index (χ2v) is 5.52. The van der Waals surface area contributed by atoms with Crippen molar-refractivity contribution in [2.24, 2.45) is 0 Å². The van der Waals surface area contributed by atoms with E-state index >= 15 is 0 Å². The van der Waals surface area contributed by atoms with Crippen molar-refractivity contribution in [3.63, 3.8) is 0 Å². The first-order valence-electron chi connectivity index (χ1n) is 7.29. The van der Waals surface area contributed by atoms with Crippen LogP contribution >= 0.6 is 0 Å². The first-order valence-corrected chi connectivity index (χ1v) is 7.29. The number of benzene rings is 1. The van der Waals surface area contributed by atoms with E-state index in [2.05, 4.69) is 9.97 Å². The van der Waals surface area contributed by atoms with Crippen molar-refractivity contribution < 1.29 is 23.8 Å². The monoisotopic (exact) mass is 318 g/mol. The molecule has 23 heavy (non-hydrogen) atoms. The van der Waals surface area contributed by atoms with E-state index in [-0.39, 0.29) is 35.5 Å². The van der Waals surface area contributed by atoms with Gasteiger partial charge in [0.1, 0.15) is 17.0 Å². The minimum absolute atomic E-state index is 0.0272. The van der Waals surface area contributed by atoms with Crippen LogP contribution in [0.3, 0.4) is 0 Å². The van der Waals surface area contributed by atoms with Crippen LogP contribution in [0, 0.1) is 5.82 Å². The minimum Gasteiger partial charge on any atom is -0.496 e. The van der Waals surface area contributed by atoms with Gasteiger partial charge in [0.05, 0.1) is 25.2 Å². The molecule has 0 amide bonds. The van der Waals surface area contributed by atoms with Gasteiger partial charge in [-0.25, -0.2) is 14.4 Å². The molecule has 7 heteroatoms. The van der Waals surface area contributed by atoms with Crippen LogP contribution in [0.5, 0.6) is 5.75 Å². The summed E-state index contributed by atoms with van der Waals surface area (Å²) < 4.78 is 19.9. The van der Waals surface area contributed by atoms with Crippen molar-refractivity contribution in [1.29, 1.82) is 0 Å². The Hall–Kier alpha value is -2.57. The zero-order chi connectivity index (χ0) is 16.6. The summed E-state index contributed by atoms with van der Waals surface area (Å²) in [5.41, 5.74) is 0.867. The number of carboxylic acid groups (broad SMARTS) is 1. The van der Waals surface area contributed by atoms with Gasteiger partial charge in [0.25, 0.3) is 0 Å². The van der Waals surface area contributed by atoms with Crippen LogP contribution in [-0.2, 0) is 4.79 Å². The van der Waals surface area contributed by atoms with Crippen molar-refractivity contribution in [2.45, 2.75) is 31.6 Å². The Morgan fingerprint density at radius 2 is 2.13 bits per heavy atom. The lowest BCUT2D eigenvalue weighted by molar-refractivity contribution is -0.136. The number of carbonyl (C=O) groups excluding carboxylic acids is 1. The van der Waals surface area contributed by atoms with E-state index < -0.39 is 17.6 Å². The smallest absolute Gasteiger partial charge is 0.303 e. The lowest BCUT2D eigenvalue weighted by atomic mass is 10.1. The Balaban J connectivity index is 2.01. The molecule has 0 aliphatic heterocycles. The maximum absolute atomic E-state index is 14.6. The molecule has 2 aromatic rings. The topological polar surface area (TPSA) is 89.4 Å². The summed E-state index contributed by atoms with van der Waals surface area (Å²) in [6, 6.07) is 1.58. The van der Waals surface area contributed by atoms with Gasteiger partial charge < -0.3 is 9.84 Å². The lowest BCUT2D eigenvalue weighted by Crippen LogP contribution is -2.07. The molecule has 3 rings (SSSR count). The molecule has 0 atom stereocenters. The molecule has 0 unspecified atom stereocenters. The van der Waals surface area contributed by atoms with Gasteiger partial charge in [0.15, 0.2) is 11.6 Å². The molecule has 1 heterocycles. The Bertz CT molecular complexity index is 802. The highest BCUT2D eigenvalue weighted by Crippen LogP contribution is 2.46. The maximum atomic E-state index is 14.6. The highest BCUT2D eigenvalue weighted by Gasteiger charge is 2.31. The molecular weight excluding hydrogens is 303 g/mol. The number of carbonyl (C=O) groups is 2. The predicted octanol–water partition coefficient (Wildman–Crippen LogP) is 2.70. The number of aromatic nitrogens is 2. The van der Waals surface area contributed by atoms with Crippen molar-refractivity contribution in [1.82, 2.24) is 9.97 Å². The minimum atomic E-state index is -1.06. The second-order valence-electron chi connectivity index (χ2n) is 5.52. The largest absolute Gasteiger partial charge is 0.496 e. The predicted molar refractivity (Wildman–Crippen MR) is 79.2 cm³/mol. The fraction of sp³-hybridized carbons (Fsp3) is 0.375. The molecule has 1 aliphatic carbocycles. The Kier molecular flexibility index (Phi) is 3.94. The summed E-state index contributed by atoms with van der Waals surface area (Å²) in [5.74, 6) is -1.41. The summed E-state index contributed by atoms with van der Waals surface area (Å²) in [6.45, 7) is 0. The van der Waals surface area contributed by atoms with E-state index in [4.69, 9.17) is 9.84 Å². The van der Waals surface area contributed by atoms with Crippen molar-refractivity contribution in [3.05, 3.63) is 29.3 Å². The van der Waals surface area contributed by atoms with Crippen molar-refractivity contribution >= 4 is 22.8 Å². The van der Waals surface area contributed by atoms with Crippen LogP contribution in [0.15, 0.2) is 12.3 Å². The molecule has 0 bridgehead atoms. The number of ketones is 1. The fourth-order valence-electron chi connectivity index (χ4n) is 2.51. The number of halogens is 1. The van der Waals surface area contributed by atoms with Crippen molar-refractivity contribution in [2.75, 3.05) is 7.11 Å². The van der Waals surface area contributed by atoms with Crippen LogP contribution in [0.25, 0.3) is 11.0 Å². The molecular formula is C16H15FN2O4. The van der Waals surface area contributed by atoms with E-state index in [1.165, 1.54) is 13.3 Å². The van der Waals surface area contributed by atoms with Crippen LogP contribution in [-0.4, -0.2) is 33.9 Å². The van der Waals surface area contributed by atoms with E-state index in [0.29, 0.717) is 11.3 Å². The summed E-state index contributed by atoms with van der Waals surface area (Å²) in [4.78, 5) is 30.6. The average Bonchev–Trinajstić information content (AvgIpc) is 3.36.